The lowest BCUT2D eigenvalue weighted by Crippen LogP contribution is -2.44. The van der Waals surface area contributed by atoms with E-state index in [-0.39, 0.29) is 12.2 Å². The Bertz CT molecular complexity index is 1840. The third kappa shape index (κ3) is 5.05. The standard InChI is InChI=1S/C32H29N5O4S/c1-21-9-7-14-26-28(21)36(32(39)41-20-22-10-5-4-6-11-22)16-15-35(26)27-17-23-19-33-31(42-3)34-29(23)37(30(27)38)24-12-8-13-25(18-24)40-2/h4-14,17-19H,15-16,20H2,1-3H3. The van der Waals surface area contributed by atoms with Crippen molar-refractivity contribution >= 4 is 46.0 Å². The second kappa shape index (κ2) is 11.6. The molecule has 0 saturated carbocycles. The van der Waals surface area contributed by atoms with E-state index in [9.17, 15) is 9.59 Å². The molecule has 0 bridgehead atoms. The zero-order valence-electron chi connectivity index (χ0n) is 23.5. The molecule has 1 amide bonds. The van der Waals surface area contributed by atoms with Gasteiger partial charge in [0.25, 0.3) is 5.56 Å². The zero-order valence-corrected chi connectivity index (χ0v) is 24.3. The number of hydrogen-bond donors (Lipinski definition) is 0. The maximum absolute atomic E-state index is 14.4. The Balaban J connectivity index is 1.45. The Kier molecular flexibility index (Phi) is 7.54. The fraction of sp³-hybridized carbons (Fsp3) is 0.188. The molecule has 0 radical (unpaired) electrons. The van der Waals surface area contributed by atoms with Gasteiger partial charge in [-0.05, 0) is 48.6 Å². The van der Waals surface area contributed by atoms with E-state index < -0.39 is 6.09 Å². The van der Waals surface area contributed by atoms with Crippen molar-refractivity contribution in [2.75, 3.05) is 36.3 Å². The Morgan fingerprint density at radius 3 is 2.57 bits per heavy atom. The van der Waals surface area contributed by atoms with Crippen LogP contribution in [0.5, 0.6) is 5.75 Å². The molecule has 42 heavy (non-hydrogen) atoms. The molecule has 0 N–H and O–H groups in total. The number of benzene rings is 3. The Morgan fingerprint density at radius 2 is 1.79 bits per heavy atom. The molecule has 5 aromatic rings. The minimum absolute atomic E-state index is 0.176. The van der Waals surface area contributed by atoms with Gasteiger partial charge in [0.05, 0.1) is 24.2 Å². The van der Waals surface area contributed by atoms with Crippen molar-refractivity contribution in [3.63, 3.8) is 0 Å². The molecule has 10 heteroatoms. The number of methoxy groups -OCH3 is 1. The minimum Gasteiger partial charge on any atom is -0.497 e. The summed E-state index contributed by atoms with van der Waals surface area (Å²) in [7, 11) is 1.59. The predicted molar refractivity (Wildman–Crippen MR) is 166 cm³/mol. The minimum atomic E-state index is -0.431. The van der Waals surface area contributed by atoms with E-state index in [2.05, 4.69) is 4.98 Å². The van der Waals surface area contributed by atoms with Crippen LogP contribution in [0.25, 0.3) is 16.7 Å². The number of aromatic nitrogens is 3. The number of fused-ring (bicyclic) bond motifs is 2. The highest BCUT2D eigenvalue weighted by Crippen LogP contribution is 2.40. The fourth-order valence-corrected chi connectivity index (χ4v) is 5.56. The van der Waals surface area contributed by atoms with Gasteiger partial charge < -0.3 is 14.4 Å². The summed E-state index contributed by atoms with van der Waals surface area (Å²) in [4.78, 5) is 40.5. The molecule has 212 valence electrons. The van der Waals surface area contributed by atoms with Crippen LogP contribution in [-0.2, 0) is 11.3 Å². The van der Waals surface area contributed by atoms with Crippen LogP contribution in [0, 0.1) is 6.92 Å². The lowest BCUT2D eigenvalue weighted by Gasteiger charge is -2.38. The number of nitrogens with zero attached hydrogens (tertiary/aromatic N) is 5. The summed E-state index contributed by atoms with van der Waals surface area (Å²) in [6.45, 7) is 2.85. The number of pyridine rings is 1. The monoisotopic (exact) mass is 579 g/mol. The van der Waals surface area contributed by atoms with Crippen LogP contribution >= 0.6 is 11.8 Å². The number of aryl methyl sites for hydroxylation is 1. The topological polar surface area (TPSA) is 89.8 Å². The van der Waals surface area contributed by atoms with E-state index in [0.717, 1.165) is 16.8 Å². The first-order valence-corrected chi connectivity index (χ1v) is 14.7. The Morgan fingerprint density at radius 1 is 0.976 bits per heavy atom. The van der Waals surface area contributed by atoms with Crippen LogP contribution in [0.2, 0.25) is 0 Å². The first kappa shape index (κ1) is 27.3. The zero-order chi connectivity index (χ0) is 29.2. The summed E-state index contributed by atoms with van der Waals surface area (Å²) in [6.07, 6.45) is 3.20. The summed E-state index contributed by atoms with van der Waals surface area (Å²) in [6, 6.07) is 24.6. The van der Waals surface area contributed by atoms with Gasteiger partial charge in [0, 0.05) is 30.7 Å². The van der Waals surface area contributed by atoms with Gasteiger partial charge in [0.1, 0.15) is 18.0 Å². The van der Waals surface area contributed by atoms with Crippen molar-refractivity contribution in [2.24, 2.45) is 0 Å². The van der Waals surface area contributed by atoms with Crippen LogP contribution in [-0.4, -0.2) is 47.1 Å². The number of rotatable bonds is 6. The second-order valence-corrected chi connectivity index (χ2v) is 10.6. The van der Waals surface area contributed by atoms with E-state index in [1.807, 2.05) is 96.9 Å². The highest BCUT2D eigenvalue weighted by atomic mass is 32.2. The maximum Gasteiger partial charge on any atom is 0.414 e. The molecular weight excluding hydrogens is 550 g/mol. The highest BCUT2D eigenvalue weighted by molar-refractivity contribution is 7.98. The van der Waals surface area contributed by atoms with E-state index in [1.165, 1.54) is 11.8 Å². The van der Waals surface area contributed by atoms with Gasteiger partial charge >= 0.3 is 6.09 Å². The van der Waals surface area contributed by atoms with Crippen molar-refractivity contribution in [2.45, 2.75) is 18.7 Å². The average Bonchev–Trinajstić information content (AvgIpc) is 3.03. The van der Waals surface area contributed by atoms with E-state index in [4.69, 9.17) is 14.5 Å². The summed E-state index contributed by atoms with van der Waals surface area (Å²) in [5, 5.41) is 1.28. The van der Waals surface area contributed by atoms with Crippen LogP contribution in [0.15, 0.2) is 95.0 Å². The fourth-order valence-electron chi connectivity index (χ4n) is 5.22. The quantitative estimate of drug-likeness (QED) is 0.176. The average molecular weight is 580 g/mol. The van der Waals surface area contributed by atoms with Crippen molar-refractivity contribution in [1.82, 2.24) is 14.5 Å². The van der Waals surface area contributed by atoms with Gasteiger partial charge in [0.15, 0.2) is 10.8 Å². The number of anilines is 3. The van der Waals surface area contributed by atoms with E-state index in [1.54, 1.807) is 22.8 Å². The third-order valence-electron chi connectivity index (χ3n) is 7.23. The van der Waals surface area contributed by atoms with Gasteiger partial charge in [-0.3, -0.25) is 14.3 Å². The molecule has 2 aromatic heterocycles. The molecule has 6 rings (SSSR count). The van der Waals surface area contributed by atoms with Crippen LogP contribution in [0.4, 0.5) is 21.9 Å². The number of ether oxygens (including phenoxy) is 2. The van der Waals surface area contributed by atoms with E-state index in [0.29, 0.717) is 52.1 Å². The first-order valence-electron chi connectivity index (χ1n) is 13.4. The van der Waals surface area contributed by atoms with Gasteiger partial charge in [-0.25, -0.2) is 14.8 Å². The summed E-state index contributed by atoms with van der Waals surface area (Å²) < 4.78 is 12.7. The molecule has 0 unspecified atom stereocenters. The summed E-state index contributed by atoms with van der Waals surface area (Å²) >= 11 is 1.41. The van der Waals surface area contributed by atoms with Crippen molar-refractivity contribution in [3.05, 3.63) is 107 Å². The molecule has 0 saturated heterocycles. The Hall–Kier alpha value is -4.83. The summed E-state index contributed by atoms with van der Waals surface area (Å²) in [5.41, 5.74) is 4.61. The van der Waals surface area contributed by atoms with Crippen LogP contribution in [0.1, 0.15) is 11.1 Å². The lowest BCUT2D eigenvalue weighted by molar-refractivity contribution is 0.147. The van der Waals surface area contributed by atoms with Gasteiger partial charge in [0.2, 0.25) is 0 Å². The lowest BCUT2D eigenvalue weighted by atomic mass is 10.1. The number of thioether (sulfide) groups is 1. The molecule has 3 heterocycles. The molecule has 0 atom stereocenters. The smallest absolute Gasteiger partial charge is 0.414 e. The molecular formula is C32H29N5O4S. The molecule has 0 spiro atoms. The molecule has 1 aliphatic rings. The van der Waals surface area contributed by atoms with Crippen LogP contribution in [0.3, 0.4) is 0 Å². The number of para-hydroxylation sites is 1. The van der Waals surface area contributed by atoms with Crippen molar-refractivity contribution in [1.29, 1.82) is 0 Å². The predicted octanol–water partition coefficient (Wildman–Crippen LogP) is 6.11. The maximum atomic E-state index is 14.4. The van der Waals surface area contributed by atoms with Crippen molar-refractivity contribution < 1.29 is 14.3 Å². The first-order chi connectivity index (χ1) is 20.5. The molecule has 9 nitrogen and oxygen atoms in total. The number of hydrogen-bond acceptors (Lipinski definition) is 8. The van der Waals surface area contributed by atoms with E-state index >= 15 is 0 Å². The number of carbonyl (C=O) groups excluding carboxylic acids is 1. The largest absolute Gasteiger partial charge is 0.497 e. The normalized spacial score (nSPS) is 12.7. The second-order valence-electron chi connectivity index (χ2n) is 9.79. The Labute approximate surface area is 247 Å². The molecule has 1 aliphatic heterocycles. The molecule has 3 aromatic carbocycles. The van der Waals surface area contributed by atoms with Gasteiger partial charge in [-0.15, -0.1) is 0 Å². The number of amides is 1. The SMILES string of the molecule is COc1cccc(-n2c(=O)c(N3CCN(C(=O)OCc4ccccc4)c4c(C)cccc43)cc3cnc(SC)nc32)c1. The van der Waals surface area contributed by atoms with Gasteiger partial charge in [-0.2, -0.15) is 0 Å². The third-order valence-corrected chi connectivity index (χ3v) is 7.80. The molecule has 0 aliphatic carbocycles. The highest BCUT2D eigenvalue weighted by Gasteiger charge is 2.32. The van der Waals surface area contributed by atoms with Crippen LogP contribution < -0.4 is 20.1 Å². The number of carbonyl (C=O) groups is 1. The van der Waals surface area contributed by atoms with Crippen molar-refractivity contribution in [3.8, 4) is 11.4 Å². The van der Waals surface area contributed by atoms with Gasteiger partial charge in [-0.1, -0.05) is 60.3 Å². The summed E-state index contributed by atoms with van der Waals surface area (Å²) in [5.74, 6) is 0.626. The molecule has 0 fully saturated rings.